The Bertz CT molecular complexity index is 4550. The molecule has 2 aromatic heterocycles. The summed E-state index contributed by atoms with van der Waals surface area (Å²) in [6, 6.07) is 29.5. The van der Waals surface area contributed by atoms with Crippen LogP contribution in [0.25, 0.3) is 33.9 Å². The van der Waals surface area contributed by atoms with Gasteiger partial charge in [0.25, 0.3) is 41.9 Å². The Kier molecular flexibility index (Phi) is 28.7. The van der Waals surface area contributed by atoms with Gasteiger partial charge < -0.3 is 42.8 Å². The second kappa shape index (κ2) is 35.1. The van der Waals surface area contributed by atoms with Crippen LogP contribution in [-0.2, 0) is 55.6 Å². The number of guanidine groups is 2. The van der Waals surface area contributed by atoms with Gasteiger partial charge in [0.2, 0.25) is 5.96 Å². The lowest BCUT2D eigenvalue weighted by molar-refractivity contribution is -0.192. The molecule has 3 amide bonds. The Labute approximate surface area is 601 Å². The van der Waals surface area contributed by atoms with Crippen molar-refractivity contribution in [2.45, 2.75) is 159 Å². The van der Waals surface area contributed by atoms with Crippen molar-refractivity contribution in [2.24, 2.45) is 32.9 Å². The number of fused-ring (bicyclic) bond motifs is 1. The minimum Gasteiger partial charge on any atom is -0.487 e. The van der Waals surface area contributed by atoms with Gasteiger partial charge >= 0.3 is 18.2 Å². The molecule has 0 bridgehead atoms. The highest BCUT2D eigenvalue weighted by Gasteiger charge is 2.39. The van der Waals surface area contributed by atoms with Crippen LogP contribution in [0.3, 0.4) is 0 Å². The summed E-state index contributed by atoms with van der Waals surface area (Å²) in [7, 11) is -12.6. The lowest BCUT2D eigenvalue weighted by atomic mass is 9.94. The number of hydrogen-bond donors (Lipinski definition) is 9. The quantitative estimate of drug-likeness (QED) is 0.0140. The zero-order valence-corrected chi connectivity index (χ0v) is 62.1. The van der Waals surface area contributed by atoms with Crippen LogP contribution in [0.5, 0.6) is 5.75 Å². The third-order valence-electron chi connectivity index (χ3n) is 14.9. The highest BCUT2D eigenvalue weighted by molar-refractivity contribution is 7.90. The van der Waals surface area contributed by atoms with E-state index in [0.29, 0.717) is 47.6 Å². The van der Waals surface area contributed by atoms with Gasteiger partial charge in [-0.25, -0.2) is 58.4 Å². The number of alkyl carbamates (subject to hydrolysis) is 1. The summed E-state index contributed by atoms with van der Waals surface area (Å²) in [4.78, 5) is 55.2. The van der Waals surface area contributed by atoms with Crippen molar-refractivity contribution in [1.82, 2.24) is 39.0 Å². The number of carbonyl (C=O) groups is 4. The van der Waals surface area contributed by atoms with Crippen LogP contribution in [0.15, 0.2) is 134 Å². The first kappa shape index (κ1) is 83.4. The fraction of sp³-hybridized carbons (Fsp3) is 0.373. The first-order valence-corrected chi connectivity index (χ1v) is 36.8. The number of nitrogens with two attached hydrogens (primary N) is 4. The second-order valence-electron chi connectivity index (χ2n) is 25.0. The zero-order valence-electron chi connectivity index (χ0n) is 58.2. The van der Waals surface area contributed by atoms with Crippen molar-refractivity contribution >= 4 is 89.1 Å². The van der Waals surface area contributed by atoms with Gasteiger partial charge in [-0.3, -0.25) is 19.6 Å². The average Bonchev–Trinajstić information content (AvgIpc) is 1.49. The van der Waals surface area contributed by atoms with Crippen LogP contribution in [0.2, 0.25) is 0 Å². The summed E-state index contributed by atoms with van der Waals surface area (Å²) in [5.41, 5.74) is 32.4. The van der Waals surface area contributed by atoms with E-state index in [4.69, 9.17) is 65.5 Å². The molecule has 1 aliphatic rings. The van der Waals surface area contributed by atoms with Gasteiger partial charge in [-0.1, -0.05) is 59.7 Å². The van der Waals surface area contributed by atoms with Gasteiger partial charge in [0.15, 0.2) is 5.96 Å². The summed E-state index contributed by atoms with van der Waals surface area (Å²) in [5.74, 6) is -4.30. The molecule has 102 heavy (non-hydrogen) atoms. The first-order chi connectivity index (χ1) is 47.3. The molecule has 0 aliphatic carbocycles. The SMILES string of the molecule is Cc1ccc(-c2cc(C)nn2-c2ccc(S(=O)(=O)NC(=O)[C@@H](N)CCCN=C(N)N)cc2)cc1.Cc1ccc(-c2cc(C)nn2-c2ccc(S(=O)(=O)NC(=O)[C@H](CCCN=C(N)NS(=O)(=O)c3c(C)c(C)c4c(c3C)CC(C)(C)O4)NC(=O)OC(C)(C)C)cc2)cc1.ClCCl.O=C(O)C(F)(F)F. The fourth-order valence-corrected chi connectivity index (χ4v) is 13.6. The predicted octanol–water partition coefficient (Wildman–Crippen LogP) is 8.96. The van der Waals surface area contributed by atoms with E-state index in [1.165, 1.54) is 24.3 Å². The van der Waals surface area contributed by atoms with Crippen LogP contribution in [-0.4, -0.2) is 134 Å². The van der Waals surface area contributed by atoms with Gasteiger partial charge in [-0.05, 0) is 186 Å². The van der Waals surface area contributed by atoms with Crippen LogP contribution >= 0.6 is 23.2 Å². The maximum absolute atomic E-state index is 13.6. The largest absolute Gasteiger partial charge is 0.490 e. The number of benzene rings is 5. The Morgan fingerprint density at radius 2 is 1.07 bits per heavy atom. The normalized spacial score (nSPS) is 13.3. The van der Waals surface area contributed by atoms with Crippen molar-refractivity contribution in [2.75, 3.05) is 18.4 Å². The minimum atomic E-state index is -5.08. The molecule has 2 atom stereocenters. The van der Waals surface area contributed by atoms with E-state index in [0.717, 1.165) is 56.2 Å². The number of hydrogen-bond acceptors (Lipinski definition) is 17. The van der Waals surface area contributed by atoms with Gasteiger partial charge in [-0.15, -0.1) is 23.2 Å². The van der Waals surface area contributed by atoms with Gasteiger partial charge in [0, 0.05) is 36.2 Å². The molecule has 5 aromatic carbocycles. The number of amides is 3. The number of aliphatic imine (C=N–C) groups is 2. The van der Waals surface area contributed by atoms with Crippen molar-refractivity contribution in [1.29, 1.82) is 0 Å². The molecule has 3 heterocycles. The number of nitrogens with zero attached hydrogens (tertiary/aromatic N) is 6. The number of rotatable bonds is 21. The number of sulfonamides is 3. The van der Waals surface area contributed by atoms with Crippen molar-refractivity contribution in [3.63, 3.8) is 0 Å². The lowest BCUT2D eigenvalue weighted by Crippen LogP contribution is -2.49. The molecule has 0 fully saturated rings. The average molecular weight is 1520 g/mol. The highest BCUT2D eigenvalue weighted by atomic mass is 35.5. The minimum absolute atomic E-state index is 0.0553. The third-order valence-corrected chi connectivity index (χ3v) is 19.3. The number of carbonyl (C=O) groups excluding carboxylic acids is 3. The smallest absolute Gasteiger partial charge is 0.487 e. The summed E-state index contributed by atoms with van der Waals surface area (Å²) < 4.78 is 133. The number of nitrogens with one attached hydrogen (secondary N) is 4. The molecule has 0 saturated carbocycles. The van der Waals surface area contributed by atoms with Crippen molar-refractivity contribution in [3.8, 4) is 39.6 Å². The molecule has 1 aliphatic heterocycles. The predicted molar refractivity (Wildman–Crippen MR) is 384 cm³/mol. The monoisotopic (exact) mass is 1520 g/mol. The molecular formula is C67H85Cl2F3N14O13S3. The maximum Gasteiger partial charge on any atom is 0.490 e. The van der Waals surface area contributed by atoms with E-state index in [2.05, 4.69) is 34.9 Å². The highest BCUT2D eigenvalue weighted by Crippen LogP contribution is 2.44. The lowest BCUT2D eigenvalue weighted by Gasteiger charge is -2.23. The zero-order chi connectivity index (χ0) is 76.6. The van der Waals surface area contributed by atoms with Crippen molar-refractivity contribution < 1.29 is 72.2 Å². The molecule has 13 N–H and O–H groups in total. The molecule has 0 radical (unpaired) electrons. The van der Waals surface area contributed by atoms with Gasteiger partial charge in [0.05, 0.1) is 60.2 Å². The second-order valence-corrected chi connectivity index (χ2v) is 30.8. The summed E-state index contributed by atoms with van der Waals surface area (Å²) >= 11 is 9.53. The molecule has 0 saturated heterocycles. The topological polar surface area (TPSA) is 422 Å². The van der Waals surface area contributed by atoms with Gasteiger partial charge in [-0.2, -0.15) is 23.4 Å². The van der Waals surface area contributed by atoms with E-state index in [9.17, 15) is 52.8 Å². The van der Waals surface area contributed by atoms with Crippen LogP contribution in [0.4, 0.5) is 18.0 Å². The first-order valence-electron chi connectivity index (χ1n) is 31.3. The number of aromatic nitrogens is 4. The molecule has 554 valence electrons. The molecule has 27 nitrogen and oxygen atoms in total. The molecule has 8 rings (SSSR count). The van der Waals surface area contributed by atoms with Gasteiger partial charge in [0.1, 0.15) is 23.0 Å². The number of aryl methyl sites for hydroxylation is 4. The van der Waals surface area contributed by atoms with E-state index in [1.54, 1.807) is 68.2 Å². The van der Waals surface area contributed by atoms with Crippen LogP contribution in [0.1, 0.15) is 105 Å². The molecule has 0 spiro atoms. The number of alkyl halides is 5. The van der Waals surface area contributed by atoms with Crippen molar-refractivity contribution in [3.05, 3.63) is 154 Å². The molecule has 0 unspecified atom stereocenters. The fourth-order valence-electron chi connectivity index (χ4n) is 10.0. The third kappa shape index (κ3) is 23.9. The number of halogens is 5. The molecule has 7 aromatic rings. The summed E-state index contributed by atoms with van der Waals surface area (Å²) in [5, 5.41) is 18.9. The Balaban J connectivity index is 0.000000357. The van der Waals surface area contributed by atoms with E-state index >= 15 is 0 Å². The standard InChI is InChI=1S/C41H53N7O8S2.C23H29N7O3S.C2HF3O2.CH2Cl2/c1-24-13-15-29(16-14-24)34-22-25(2)45-48(34)30-17-19-31(20-18-30)57(51,52)46-37(49)33(44-39(50)56-40(6,7)8)12-11-21-43-38(42)47-58(53,54)36-27(4)26(3)35-32(28(36)5)23-41(9,10)55-35;1-15-5-7-17(8-6-15)21-14-16(2)28-30(21)18-9-11-19(12-10-18)34(32,33)29-22(31)20(24)4-3-13-27-23(25)26;3-2(4,5)1(6)7;2-1-3/h13-20,22,33H,11-12,21,23H2,1-10H3,(H,44,50)(H,46,49)(H3,42,43,47);5-12,14,20H,3-4,13,24H2,1-2H3,(H,29,31)(H4,25,26,27);(H,6,7);1H2/t33-;20-;;/m00../s1. The maximum atomic E-state index is 13.6. The Morgan fingerprint density at radius 3 is 1.49 bits per heavy atom. The van der Waals surface area contributed by atoms with E-state index in [-0.39, 0.29) is 57.8 Å². The number of carboxylic acid groups (broad SMARTS) is 1. The van der Waals surface area contributed by atoms with E-state index < -0.39 is 83.4 Å². The number of carboxylic acids is 1. The summed E-state index contributed by atoms with van der Waals surface area (Å²) in [6.45, 7) is 22.1. The van der Waals surface area contributed by atoms with Crippen LogP contribution in [0, 0.1) is 48.5 Å². The molecular weight excluding hydrogens is 1430 g/mol. The molecule has 35 heteroatoms. The summed E-state index contributed by atoms with van der Waals surface area (Å²) in [6.07, 6.45) is -4.80. The number of ether oxygens (including phenoxy) is 2. The Hall–Kier alpha value is -9.28. The van der Waals surface area contributed by atoms with E-state index in [1.807, 2.05) is 114 Å². The number of aliphatic carboxylic acids is 1. The van der Waals surface area contributed by atoms with Crippen LogP contribution < -0.4 is 47.2 Å². The Morgan fingerprint density at radius 1 is 0.647 bits per heavy atom.